The van der Waals surface area contributed by atoms with Gasteiger partial charge in [-0.05, 0) is 42.2 Å². The predicted molar refractivity (Wildman–Crippen MR) is 73.4 cm³/mol. The number of nitrogen functional groups attached to an aromatic ring is 1. The van der Waals surface area contributed by atoms with Crippen molar-refractivity contribution in [2.75, 3.05) is 5.43 Å². The van der Waals surface area contributed by atoms with E-state index in [1.165, 1.54) is 0 Å². The van der Waals surface area contributed by atoms with Crippen molar-refractivity contribution in [1.82, 2.24) is 4.98 Å². The van der Waals surface area contributed by atoms with Crippen LogP contribution in [0.15, 0.2) is 18.2 Å². The van der Waals surface area contributed by atoms with E-state index < -0.39 is 0 Å². The van der Waals surface area contributed by atoms with Gasteiger partial charge < -0.3 is 5.43 Å². The van der Waals surface area contributed by atoms with Crippen LogP contribution in [0.2, 0.25) is 5.02 Å². The van der Waals surface area contributed by atoms with E-state index in [4.69, 9.17) is 17.4 Å². The summed E-state index contributed by atoms with van der Waals surface area (Å²) in [4.78, 5) is 4.56. The van der Waals surface area contributed by atoms with Gasteiger partial charge in [-0.1, -0.05) is 25.4 Å². The molecule has 0 atom stereocenters. The van der Waals surface area contributed by atoms with Crippen LogP contribution in [0.4, 0.5) is 5.82 Å². The van der Waals surface area contributed by atoms with Crippen LogP contribution in [-0.2, 0) is 0 Å². The molecule has 4 heteroatoms. The molecule has 2 rings (SSSR count). The van der Waals surface area contributed by atoms with Crippen LogP contribution < -0.4 is 11.3 Å². The molecule has 1 aromatic heterocycles. The molecule has 3 N–H and O–H groups in total. The third-order valence-electron chi connectivity index (χ3n) is 2.86. The van der Waals surface area contributed by atoms with Crippen molar-refractivity contribution in [2.45, 2.75) is 26.7 Å². The highest BCUT2D eigenvalue weighted by Gasteiger charge is 2.11. The zero-order chi connectivity index (χ0) is 12.6. The lowest BCUT2D eigenvalue weighted by atomic mass is 10.0. The third-order valence-corrected chi connectivity index (χ3v) is 3.08. The largest absolute Gasteiger partial charge is 0.308 e. The number of halogens is 1. The predicted octanol–water partition coefficient (Wildman–Crippen LogP) is 3.61. The minimum Gasteiger partial charge on any atom is -0.308 e. The van der Waals surface area contributed by atoms with Crippen LogP contribution in [0.1, 0.15) is 30.9 Å². The van der Waals surface area contributed by atoms with E-state index in [1.807, 2.05) is 19.1 Å². The number of nitrogens with zero attached hydrogens (tertiary/aromatic N) is 1. The summed E-state index contributed by atoms with van der Waals surface area (Å²) >= 11 is 6.06. The Morgan fingerprint density at radius 1 is 1.29 bits per heavy atom. The average Bonchev–Trinajstić information content (AvgIpc) is 2.27. The van der Waals surface area contributed by atoms with Crippen molar-refractivity contribution in [2.24, 2.45) is 5.84 Å². The number of benzene rings is 1. The molecule has 0 amide bonds. The minimum atomic E-state index is 0.359. The molecule has 0 aliphatic rings. The van der Waals surface area contributed by atoms with Gasteiger partial charge in [-0.15, -0.1) is 0 Å². The number of nitrogens with one attached hydrogen (secondary N) is 1. The summed E-state index contributed by atoms with van der Waals surface area (Å²) < 4.78 is 0. The number of hydrogen-bond donors (Lipinski definition) is 2. The molecule has 90 valence electrons. The zero-order valence-electron chi connectivity index (χ0n) is 10.2. The van der Waals surface area contributed by atoms with Gasteiger partial charge in [0.15, 0.2) is 0 Å². The van der Waals surface area contributed by atoms with Gasteiger partial charge in [0.25, 0.3) is 0 Å². The van der Waals surface area contributed by atoms with Gasteiger partial charge in [0.1, 0.15) is 5.82 Å². The molecule has 17 heavy (non-hydrogen) atoms. The van der Waals surface area contributed by atoms with Gasteiger partial charge >= 0.3 is 0 Å². The summed E-state index contributed by atoms with van der Waals surface area (Å²) in [7, 11) is 0. The molecule has 1 heterocycles. The first-order valence-electron chi connectivity index (χ1n) is 5.60. The summed E-state index contributed by atoms with van der Waals surface area (Å²) in [6.07, 6.45) is 0. The summed E-state index contributed by atoms with van der Waals surface area (Å²) in [5.74, 6) is 6.61. The normalized spacial score (nSPS) is 11.2. The van der Waals surface area contributed by atoms with E-state index >= 15 is 0 Å². The number of rotatable bonds is 2. The molecule has 0 saturated heterocycles. The molecule has 0 aliphatic heterocycles. The average molecular weight is 250 g/mol. The first-order valence-corrected chi connectivity index (χ1v) is 5.98. The molecule has 0 spiro atoms. The monoisotopic (exact) mass is 249 g/mol. The van der Waals surface area contributed by atoms with Gasteiger partial charge in [0, 0.05) is 10.4 Å². The first kappa shape index (κ1) is 12.1. The van der Waals surface area contributed by atoms with Crippen LogP contribution in [0.3, 0.4) is 0 Å². The Bertz CT molecular complexity index is 564. The van der Waals surface area contributed by atoms with Crippen molar-refractivity contribution < 1.29 is 0 Å². The molecule has 2 aromatic rings. The second-order valence-corrected chi connectivity index (χ2v) is 4.96. The molecule has 3 nitrogen and oxygen atoms in total. The smallest absolute Gasteiger partial charge is 0.144 e. The highest BCUT2D eigenvalue weighted by atomic mass is 35.5. The maximum absolute atomic E-state index is 6.06. The molecule has 1 aromatic carbocycles. The number of hydrazine groups is 1. The maximum atomic E-state index is 6.06. The van der Waals surface area contributed by atoms with Crippen LogP contribution in [0.5, 0.6) is 0 Å². The summed E-state index contributed by atoms with van der Waals surface area (Å²) in [6.45, 7) is 6.22. The first-order chi connectivity index (χ1) is 8.02. The van der Waals surface area contributed by atoms with Gasteiger partial charge in [-0.2, -0.15) is 0 Å². The number of pyridine rings is 1. The number of nitrogens with two attached hydrogens (primary N) is 1. The fourth-order valence-corrected chi connectivity index (χ4v) is 2.27. The van der Waals surface area contributed by atoms with Crippen LogP contribution in [-0.4, -0.2) is 4.98 Å². The van der Waals surface area contributed by atoms with E-state index in [0.29, 0.717) is 5.92 Å². The van der Waals surface area contributed by atoms with Crippen molar-refractivity contribution in [3.05, 3.63) is 34.3 Å². The standard InChI is InChI=1S/C13H16ClN3/c1-7(2)11-6-9-5-10(14)4-8(3)12(9)16-13(11)17-15/h4-7H,15H2,1-3H3,(H,16,17). The lowest BCUT2D eigenvalue weighted by Gasteiger charge is -2.13. The lowest BCUT2D eigenvalue weighted by molar-refractivity contribution is 0.862. The van der Waals surface area contributed by atoms with Crippen LogP contribution >= 0.6 is 11.6 Å². The van der Waals surface area contributed by atoms with Crippen molar-refractivity contribution in [3.8, 4) is 0 Å². The van der Waals surface area contributed by atoms with E-state index in [0.717, 1.165) is 32.9 Å². The maximum Gasteiger partial charge on any atom is 0.144 e. The van der Waals surface area contributed by atoms with Crippen molar-refractivity contribution in [3.63, 3.8) is 0 Å². The van der Waals surface area contributed by atoms with Crippen LogP contribution in [0.25, 0.3) is 10.9 Å². The van der Waals surface area contributed by atoms with E-state index in [9.17, 15) is 0 Å². The molecule has 0 fully saturated rings. The Labute approximate surface area is 106 Å². The Morgan fingerprint density at radius 3 is 2.59 bits per heavy atom. The van der Waals surface area contributed by atoms with Gasteiger partial charge in [-0.25, -0.2) is 10.8 Å². The van der Waals surface area contributed by atoms with Gasteiger partial charge in [-0.3, -0.25) is 0 Å². The highest BCUT2D eigenvalue weighted by Crippen LogP contribution is 2.29. The quantitative estimate of drug-likeness (QED) is 0.632. The molecular weight excluding hydrogens is 234 g/mol. The Hall–Kier alpha value is -1.32. The third kappa shape index (κ3) is 2.21. The Morgan fingerprint density at radius 2 is 2.00 bits per heavy atom. The van der Waals surface area contributed by atoms with E-state index in [2.05, 4.69) is 30.3 Å². The van der Waals surface area contributed by atoms with E-state index in [1.54, 1.807) is 0 Å². The molecule has 0 radical (unpaired) electrons. The highest BCUT2D eigenvalue weighted by molar-refractivity contribution is 6.31. The van der Waals surface area contributed by atoms with Gasteiger partial charge in [0.2, 0.25) is 0 Å². The van der Waals surface area contributed by atoms with Gasteiger partial charge in [0.05, 0.1) is 5.52 Å². The molecular formula is C13H16ClN3. The lowest BCUT2D eigenvalue weighted by Crippen LogP contribution is -2.12. The Kier molecular flexibility index (Phi) is 3.22. The van der Waals surface area contributed by atoms with E-state index in [-0.39, 0.29) is 0 Å². The molecule has 0 bridgehead atoms. The fourth-order valence-electron chi connectivity index (χ4n) is 1.99. The SMILES string of the molecule is Cc1cc(Cl)cc2cc(C(C)C)c(NN)nc12. The molecule has 0 saturated carbocycles. The number of fused-ring (bicyclic) bond motifs is 1. The second kappa shape index (κ2) is 4.51. The minimum absolute atomic E-state index is 0.359. The topological polar surface area (TPSA) is 50.9 Å². The van der Waals surface area contributed by atoms with Crippen LogP contribution in [0, 0.1) is 6.92 Å². The summed E-state index contributed by atoms with van der Waals surface area (Å²) in [5, 5.41) is 1.79. The number of hydrogen-bond acceptors (Lipinski definition) is 3. The second-order valence-electron chi connectivity index (χ2n) is 4.52. The zero-order valence-corrected chi connectivity index (χ0v) is 11.0. The number of aromatic nitrogens is 1. The summed E-state index contributed by atoms with van der Waals surface area (Å²) in [5.41, 5.74) is 5.76. The number of anilines is 1. The number of aryl methyl sites for hydroxylation is 1. The molecule has 0 unspecified atom stereocenters. The van der Waals surface area contributed by atoms with Crippen molar-refractivity contribution in [1.29, 1.82) is 0 Å². The Balaban J connectivity index is 2.78. The summed E-state index contributed by atoms with van der Waals surface area (Å²) in [6, 6.07) is 5.94. The van der Waals surface area contributed by atoms with Crippen molar-refractivity contribution >= 4 is 28.3 Å². The molecule has 0 aliphatic carbocycles. The fraction of sp³-hybridized carbons (Fsp3) is 0.308.